The van der Waals surface area contributed by atoms with Crippen LogP contribution in [-0.4, -0.2) is 56.4 Å². The summed E-state index contributed by atoms with van der Waals surface area (Å²) in [5, 5.41) is 0.580. The molecule has 1 aromatic carbocycles. The van der Waals surface area contributed by atoms with Gasteiger partial charge in [-0.3, -0.25) is 4.99 Å². The van der Waals surface area contributed by atoms with E-state index < -0.39 is 0 Å². The van der Waals surface area contributed by atoms with E-state index >= 15 is 0 Å². The van der Waals surface area contributed by atoms with Crippen LogP contribution in [0.15, 0.2) is 17.1 Å². The first-order valence-corrected chi connectivity index (χ1v) is 8.26. The van der Waals surface area contributed by atoms with E-state index in [4.69, 9.17) is 31.5 Å². The molecule has 0 saturated carbocycles. The van der Waals surface area contributed by atoms with Gasteiger partial charge in [-0.1, -0.05) is 11.6 Å². The summed E-state index contributed by atoms with van der Waals surface area (Å²) in [5.74, 6) is 1.91. The number of nitrogens with two attached hydrogens (primary N) is 1. The predicted molar refractivity (Wildman–Crippen MR) is 89.6 cm³/mol. The maximum Gasteiger partial charge on any atom is 0.191 e. The molecule has 2 aliphatic heterocycles. The van der Waals surface area contributed by atoms with Crippen molar-refractivity contribution in [1.29, 1.82) is 0 Å². The average Bonchev–Trinajstić information content (AvgIpc) is 2.55. The van der Waals surface area contributed by atoms with Crippen LogP contribution in [-0.2, 0) is 11.2 Å². The molecular formula is C16H22ClN3O3. The minimum absolute atomic E-state index is 0.189. The van der Waals surface area contributed by atoms with Crippen molar-refractivity contribution >= 4 is 17.6 Å². The summed E-state index contributed by atoms with van der Waals surface area (Å²) >= 11 is 6.24. The summed E-state index contributed by atoms with van der Waals surface area (Å²) in [5.41, 5.74) is 7.13. The minimum atomic E-state index is 0.189. The van der Waals surface area contributed by atoms with E-state index in [0.29, 0.717) is 48.8 Å². The van der Waals surface area contributed by atoms with E-state index in [1.807, 2.05) is 19.1 Å². The lowest BCUT2D eigenvalue weighted by atomic mass is 10.1. The standard InChI is InChI=1S/C16H22ClN3O3/c1-11-10-20(4-5-21-11)16(18)19-3-2-12-8-13(17)15-14(9-12)22-6-7-23-15/h8-9,11H,2-7,10H2,1H3,(H2,18,19). The second kappa shape index (κ2) is 7.27. The molecule has 0 amide bonds. The Bertz CT molecular complexity index is 594. The number of hydrogen-bond donors (Lipinski definition) is 1. The zero-order valence-electron chi connectivity index (χ0n) is 13.3. The summed E-state index contributed by atoms with van der Waals surface area (Å²) in [4.78, 5) is 6.53. The molecule has 1 aromatic rings. The Morgan fingerprint density at radius 1 is 1.35 bits per heavy atom. The average molecular weight is 340 g/mol. The smallest absolute Gasteiger partial charge is 0.191 e. The third kappa shape index (κ3) is 4.00. The molecule has 126 valence electrons. The molecule has 0 spiro atoms. The zero-order valence-corrected chi connectivity index (χ0v) is 14.0. The minimum Gasteiger partial charge on any atom is -0.486 e. The fourth-order valence-corrected chi connectivity index (χ4v) is 3.02. The van der Waals surface area contributed by atoms with Gasteiger partial charge in [0.05, 0.1) is 17.7 Å². The Hall–Kier alpha value is -1.66. The highest BCUT2D eigenvalue weighted by Crippen LogP contribution is 2.38. The van der Waals surface area contributed by atoms with Crippen molar-refractivity contribution in [3.05, 3.63) is 22.7 Å². The van der Waals surface area contributed by atoms with Gasteiger partial charge in [0.2, 0.25) is 0 Å². The molecule has 23 heavy (non-hydrogen) atoms. The molecular weight excluding hydrogens is 318 g/mol. The van der Waals surface area contributed by atoms with Crippen molar-refractivity contribution in [3.8, 4) is 11.5 Å². The molecule has 0 aliphatic carbocycles. The molecule has 6 nitrogen and oxygen atoms in total. The highest BCUT2D eigenvalue weighted by atomic mass is 35.5. The number of fused-ring (bicyclic) bond motifs is 1. The van der Waals surface area contributed by atoms with Crippen LogP contribution >= 0.6 is 11.6 Å². The second-order valence-corrected chi connectivity index (χ2v) is 6.13. The van der Waals surface area contributed by atoms with Crippen LogP contribution in [0.5, 0.6) is 11.5 Å². The van der Waals surface area contributed by atoms with Gasteiger partial charge in [0.15, 0.2) is 17.5 Å². The van der Waals surface area contributed by atoms with Gasteiger partial charge in [0.1, 0.15) is 13.2 Å². The van der Waals surface area contributed by atoms with E-state index in [1.54, 1.807) is 0 Å². The lowest BCUT2D eigenvalue weighted by Crippen LogP contribution is -2.47. The van der Waals surface area contributed by atoms with Crippen molar-refractivity contribution in [2.75, 3.05) is 39.5 Å². The molecule has 1 atom stereocenters. The highest BCUT2D eigenvalue weighted by Gasteiger charge is 2.18. The molecule has 2 aliphatic rings. The van der Waals surface area contributed by atoms with E-state index in [2.05, 4.69) is 9.89 Å². The lowest BCUT2D eigenvalue weighted by Gasteiger charge is -2.31. The number of hydrogen-bond acceptors (Lipinski definition) is 4. The van der Waals surface area contributed by atoms with E-state index in [9.17, 15) is 0 Å². The van der Waals surface area contributed by atoms with Gasteiger partial charge in [-0.05, 0) is 31.0 Å². The van der Waals surface area contributed by atoms with Gasteiger partial charge < -0.3 is 24.8 Å². The fraction of sp³-hybridized carbons (Fsp3) is 0.562. The Labute approximate surface area is 141 Å². The summed E-state index contributed by atoms with van der Waals surface area (Å²) in [6.07, 6.45) is 0.936. The normalized spacial score (nSPS) is 21.4. The molecule has 7 heteroatoms. The van der Waals surface area contributed by atoms with Gasteiger partial charge >= 0.3 is 0 Å². The van der Waals surface area contributed by atoms with Crippen molar-refractivity contribution in [3.63, 3.8) is 0 Å². The van der Waals surface area contributed by atoms with Crippen LogP contribution in [0.2, 0.25) is 5.02 Å². The van der Waals surface area contributed by atoms with Gasteiger partial charge in [-0.25, -0.2) is 0 Å². The van der Waals surface area contributed by atoms with Gasteiger partial charge in [0, 0.05) is 19.6 Å². The lowest BCUT2D eigenvalue weighted by molar-refractivity contribution is 0.00530. The summed E-state index contributed by atoms with van der Waals surface area (Å²) in [7, 11) is 0. The first kappa shape index (κ1) is 16.2. The molecule has 1 saturated heterocycles. The largest absolute Gasteiger partial charge is 0.486 e. The van der Waals surface area contributed by atoms with Gasteiger partial charge in [0.25, 0.3) is 0 Å². The molecule has 3 rings (SSSR count). The van der Waals surface area contributed by atoms with Gasteiger partial charge in [-0.2, -0.15) is 0 Å². The van der Waals surface area contributed by atoms with E-state index in [1.165, 1.54) is 0 Å². The van der Waals surface area contributed by atoms with Crippen LogP contribution in [0.1, 0.15) is 12.5 Å². The number of guanidine groups is 1. The number of rotatable bonds is 3. The first-order chi connectivity index (χ1) is 11.1. The fourth-order valence-electron chi connectivity index (χ4n) is 2.73. The maximum absolute atomic E-state index is 6.24. The van der Waals surface area contributed by atoms with Crippen molar-refractivity contribution in [2.45, 2.75) is 19.4 Å². The van der Waals surface area contributed by atoms with Crippen LogP contribution < -0.4 is 15.2 Å². The SMILES string of the molecule is CC1CN(C(N)=NCCc2cc(Cl)c3c(c2)OCCO3)CCO1. The maximum atomic E-state index is 6.24. The number of nitrogens with zero attached hydrogens (tertiary/aromatic N) is 2. The number of benzene rings is 1. The van der Waals surface area contributed by atoms with Crippen LogP contribution in [0.3, 0.4) is 0 Å². The molecule has 1 fully saturated rings. The summed E-state index contributed by atoms with van der Waals surface area (Å²) in [6, 6.07) is 3.86. The predicted octanol–water partition coefficient (Wildman–Crippen LogP) is 1.69. The molecule has 0 radical (unpaired) electrons. The summed E-state index contributed by atoms with van der Waals surface area (Å²) in [6.45, 7) is 5.98. The van der Waals surface area contributed by atoms with Crippen LogP contribution in [0, 0.1) is 0 Å². The highest BCUT2D eigenvalue weighted by molar-refractivity contribution is 6.32. The molecule has 0 bridgehead atoms. The Balaban J connectivity index is 1.60. The number of ether oxygens (including phenoxy) is 3. The second-order valence-electron chi connectivity index (χ2n) is 5.72. The zero-order chi connectivity index (χ0) is 16.2. The van der Waals surface area contributed by atoms with Crippen molar-refractivity contribution in [2.24, 2.45) is 10.7 Å². The van der Waals surface area contributed by atoms with Crippen molar-refractivity contribution < 1.29 is 14.2 Å². The monoisotopic (exact) mass is 339 g/mol. The quantitative estimate of drug-likeness (QED) is 0.670. The number of morpholine rings is 1. The van der Waals surface area contributed by atoms with E-state index in [-0.39, 0.29) is 6.10 Å². The Kier molecular flexibility index (Phi) is 5.13. The molecule has 1 unspecified atom stereocenters. The number of halogens is 1. The Morgan fingerprint density at radius 3 is 3.00 bits per heavy atom. The third-order valence-electron chi connectivity index (χ3n) is 3.90. The molecule has 2 heterocycles. The molecule has 0 aromatic heterocycles. The number of aliphatic imine (C=N–C) groups is 1. The van der Waals surface area contributed by atoms with Crippen LogP contribution in [0.25, 0.3) is 0 Å². The Morgan fingerprint density at radius 2 is 2.17 bits per heavy atom. The topological polar surface area (TPSA) is 69.3 Å². The van der Waals surface area contributed by atoms with Crippen LogP contribution in [0.4, 0.5) is 0 Å². The van der Waals surface area contributed by atoms with E-state index in [0.717, 1.165) is 25.1 Å². The first-order valence-electron chi connectivity index (χ1n) is 7.88. The third-order valence-corrected chi connectivity index (χ3v) is 4.18. The van der Waals surface area contributed by atoms with Crippen molar-refractivity contribution in [1.82, 2.24) is 4.90 Å². The molecule has 2 N–H and O–H groups in total. The summed E-state index contributed by atoms with van der Waals surface area (Å²) < 4.78 is 16.6. The van der Waals surface area contributed by atoms with Gasteiger partial charge in [-0.15, -0.1) is 0 Å².